The molecule has 282 valence electrons. The minimum Gasteiger partial charge on any atom is -0.468 e. The molecule has 0 bridgehead atoms. The number of alkyl carbamates (subject to hydrolysis) is 1. The highest BCUT2D eigenvalue weighted by Crippen LogP contribution is 2.23. The van der Waals surface area contributed by atoms with Crippen molar-refractivity contribution >= 4 is 45.6 Å². The quantitative estimate of drug-likeness (QED) is 0.175. The van der Waals surface area contributed by atoms with E-state index in [0.29, 0.717) is 32.5 Å². The van der Waals surface area contributed by atoms with Crippen LogP contribution in [-0.2, 0) is 46.3 Å². The lowest BCUT2D eigenvalue weighted by molar-refractivity contribution is -0.171. The van der Waals surface area contributed by atoms with Crippen LogP contribution >= 0.6 is 15.9 Å². The molecule has 3 rings (SSSR count). The van der Waals surface area contributed by atoms with Gasteiger partial charge in [-0.2, -0.15) is 0 Å². The third kappa shape index (κ3) is 14.1. The fraction of sp³-hybridized carbons (Fsp3) is 0.579. The maximum Gasteiger partial charge on any atom is 0.408 e. The molecule has 13 heteroatoms. The van der Waals surface area contributed by atoms with Crippen LogP contribution in [0.15, 0.2) is 53.0 Å². The smallest absolute Gasteiger partial charge is 0.408 e. The van der Waals surface area contributed by atoms with E-state index in [1.807, 2.05) is 83.1 Å². The Balaban J connectivity index is 1.84. The number of hydrogen-bond acceptors (Lipinski definition) is 10. The molecule has 2 aromatic carbocycles. The van der Waals surface area contributed by atoms with Gasteiger partial charge >= 0.3 is 18.0 Å². The summed E-state index contributed by atoms with van der Waals surface area (Å²) in [5.41, 5.74) is 4.29. The average Bonchev–Trinajstić information content (AvgIpc) is 3.03. The van der Waals surface area contributed by atoms with Crippen LogP contribution in [0.4, 0.5) is 10.5 Å². The van der Waals surface area contributed by atoms with Crippen molar-refractivity contribution in [2.45, 2.75) is 111 Å². The summed E-state index contributed by atoms with van der Waals surface area (Å²) < 4.78 is 22.9. The number of nitrogens with zero attached hydrogens (tertiary/aromatic N) is 2. The Morgan fingerprint density at radius 1 is 0.980 bits per heavy atom. The third-order valence-corrected chi connectivity index (χ3v) is 8.24. The Bertz CT molecular complexity index is 1470. The van der Waals surface area contributed by atoms with Gasteiger partial charge in [-0.05, 0) is 95.7 Å². The molecule has 12 nitrogen and oxygen atoms in total. The van der Waals surface area contributed by atoms with Gasteiger partial charge in [0.25, 0.3) is 5.91 Å². The van der Waals surface area contributed by atoms with Gasteiger partial charge in [0, 0.05) is 36.2 Å². The molecule has 0 aromatic heterocycles. The standard InChI is InChI=1S/C38H55BrN4O8/c1-25(2)32(35(46)50-37(3,4)5)49-19-18-42(29-14-11-10-12-15-29)24-27-20-26(21-28(39)22-27)23-31(40-36(47)51-38(6,7)8)33(44)43-17-13-16-30(41-43)34(45)48-9/h10-12,14-15,20-22,25,30-32,41H,13,16-19,23-24H2,1-9H3,(H,40,47)/t30-,31-,32-/m0/s1. The molecule has 0 unspecified atom stereocenters. The van der Waals surface area contributed by atoms with E-state index in [9.17, 15) is 19.2 Å². The number of rotatable bonds is 14. The Hall–Kier alpha value is -3.68. The largest absolute Gasteiger partial charge is 0.468 e. The zero-order valence-electron chi connectivity index (χ0n) is 31.4. The number of para-hydroxylation sites is 1. The van der Waals surface area contributed by atoms with Crippen LogP contribution in [0, 0.1) is 5.92 Å². The van der Waals surface area contributed by atoms with Gasteiger partial charge in [-0.15, -0.1) is 0 Å². The van der Waals surface area contributed by atoms with Gasteiger partial charge in [-0.1, -0.05) is 54.0 Å². The second kappa shape index (κ2) is 18.7. The first-order valence-corrected chi connectivity index (χ1v) is 18.2. The predicted octanol–water partition coefficient (Wildman–Crippen LogP) is 5.94. The second-order valence-corrected chi connectivity index (χ2v) is 15.9. The summed E-state index contributed by atoms with van der Waals surface area (Å²) in [6.07, 6.45) is -0.153. The normalized spacial score (nSPS) is 16.2. The van der Waals surface area contributed by atoms with E-state index in [4.69, 9.17) is 18.9 Å². The molecule has 1 aliphatic rings. The molecule has 0 aliphatic carbocycles. The van der Waals surface area contributed by atoms with E-state index < -0.39 is 47.4 Å². The number of methoxy groups -OCH3 is 1. The van der Waals surface area contributed by atoms with E-state index in [1.54, 1.807) is 20.8 Å². The SMILES string of the molecule is COC(=O)[C@@H]1CCCN(C(=O)[C@H](Cc2cc(Br)cc(CN(CCO[C@H](C(=O)OC(C)(C)C)C(C)C)c3ccccc3)c2)NC(=O)OC(C)(C)C)N1. The molecule has 1 aliphatic heterocycles. The molecule has 1 saturated heterocycles. The van der Waals surface area contributed by atoms with Gasteiger partial charge in [0.15, 0.2) is 6.10 Å². The summed E-state index contributed by atoms with van der Waals surface area (Å²) in [7, 11) is 1.31. The minimum absolute atomic E-state index is 0.0749. The summed E-state index contributed by atoms with van der Waals surface area (Å²) in [6, 6.07) is 14.2. The first kappa shape index (κ1) is 41.7. The van der Waals surface area contributed by atoms with E-state index in [-0.39, 0.29) is 24.9 Å². The van der Waals surface area contributed by atoms with E-state index in [1.165, 1.54) is 12.1 Å². The van der Waals surface area contributed by atoms with Crippen molar-refractivity contribution in [1.82, 2.24) is 15.8 Å². The summed E-state index contributed by atoms with van der Waals surface area (Å²) >= 11 is 3.65. The van der Waals surface area contributed by atoms with Gasteiger partial charge in [0.05, 0.1) is 13.7 Å². The number of carbonyl (C=O) groups is 4. The van der Waals surface area contributed by atoms with Crippen LogP contribution in [0.5, 0.6) is 0 Å². The zero-order chi connectivity index (χ0) is 37.9. The number of esters is 2. The molecule has 51 heavy (non-hydrogen) atoms. The molecule has 1 heterocycles. The lowest BCUT2D eigenvalue weighted by Crippen LogP contribution is -2.60. The van der Waals surface area contributed by atoms with Crippen molar-refractivity contribution in [3.05, 3.63) is 64.1 Å². The maximum atomic E-state index is 13.9. The number of benzene rings is 2. The fourth-order valence-corrected chi connectivity index (χ4v) is 6.19. The zero-order valence-corrected chi connectivity index (χ0v) is 33.0. The maximum absolute atomic E-state index is 13.9. The lowest BCUT2D eigenvalue weighted by atomic mass is 10.0. The van der Waals surface area contributed by atoms with Crippen LogP contribution in [0.2, 0.25) is 0 Å². The fourth-order valence-electron chi connectivity index (χ4n) is 5.60. The predicted molar refractivity (Wildman–Crippen MR) is 199 cm³/mol. The van der Waals surface area contributed by atoms with Gasteiger partial charge in [-0.3, -0.25) is 14.6 Å². The second-order valence-electron chi connectivity index (χ2n) is 15.0. The molecule has 0 spiro atoms. The number of halogens is 1. The van der Waals surface area contributed by atoms with Crippen molar-refractivity contribution in [3.8, 4) is 0 Å². The summed E-state index contributed by atoms with van der Waals surface area (Å²) in [6.45, 7) is 16.2. The molecule has 2 N–H and O–H groups in total. The van der Waals surface area contributed by atoms with Gasteiger partial charge in [0.2, 0.25) is 0 Å². The van der Waals surface area contributed by atoms with Crippen molar-refractivity contribution < 1.29 is 38.1 Å². The first-order valence-electron chi connectivity index (χ1n) is 17.4. The topological polar surface area (TPSA) is 136 Å². The minimum atomic E-state index is -0.995. The van der Waals surface area contributed by atoms with Gasteiger partial charge < -0.3 is 29.2 Å². The number of hydrazine groups is 1. The highest BCUT2D eigenvalue weighted by molar-refractivity contribution is 9.10. The van der Waals surface area contributed by atoms with E-state index in [2.05, 4.69) is 31.6 Å². The van der Waals surface area contributed by atoms with Crippen molar-refractivity contribution in [3.63, 3.8) is 0 Å². The van der Waals surface area contributed by atoms with Crippen molar-refractivity contribution in [2.24, 2.45) is 5.92 Å². The van der Waals surface area contributed by atoms with Crippen LogP contribution in [-0.4, -0.2) is 85.1 Å². The number of carbonyl (C=O) groups excluding carboxylic acids is 4. The number of nitrogens with one attached hydrogen (secondary N) is 2. The first-order chi connectivity index (χ1) is 23.8. The van der Waals surface area contributed by atoms with Gasteiger partial charge in [-0.25, -0.2) is 15.0 Å². The molecule has 1 fully saturated rings. The van der Waals surface area contributed by atoms with Crippen molar-refractivity contribution in [2.75, 3.05) is 31.7 Å². The average molecular weight is 776 g/mol. The molecular weight excluding hydrogens is 720 g/mol. The van der Waals surface area contributed by atoms with Crippen LogP contribution in [0.1, 0.15) is 79.4 Å². The number of anilines is 1. The Morgan fingerprint density at radius 2 is 1.63 bits per heavy atom. The van der Waals surface area contributed by atoms with Crippen LogP contribution in [0.25, 0.3) is 0 Å². The van der Waals surface area contributed by atoms with E-state index in [0.717, 1.165) is 21.3 Å². The Morgan fingerprint density at radius 3 is 2.24 bits per heavy atom. The van der Waals surface area contributed by atoms with Crippen LogP contribution < -0.4 is 15.6 Å². The number of amides is 2. The third-order valence-electron chi connectivity index (χ3n) is 7.78. The van der Waals surface area contributed by atoms with Gasteiger partial charge in [0.1, 0.15) is 23.3 Å². The van der Waals surface area contributed by atoms with E-state index >= 15 is 0 Å². The Kier molecular flexibility index (Phi) is 15.3. The molecular formula is C38H55BrN4O8. The summed E-state index contributed by atoms with van der Waals surface area (Å²) in [5, 5.41) is 4.14. The lowest BCUT2D eigenvalue weighted by Gasteiger charge is -2.35. The number of ether oxygens (including phenoxy) is 4. The molecule has 2 amide bonds. The highest BCUT2D eigenvalue weighted by Gasteiger charge is 2.34. The highest BCUT2D eigenvalue weighted by atomic mass is 79.9. The monoisotopic (exact) mass is 774 g/mol. The molecule has 0 radical (unpaired) electrons. The molecule has 0 saturated carbocycles. The summed E-state index contributed by atoms with van der Waals surface area (Å²) in [5.74, 6) is -1.32. The van der Waals surface area contributed by atoms with Crippen molar-refractivity contribution in [1.29, 1.82) is 0 Å². The molecule has 3 atom stereocenters. The molecule has 2 aromatic rings. The summed E-state index contributed by atoms with van der Waals surface area (Å²) in [4.78, 5) is 54.2. The Labute approximate surface area is 311 Å². The van der Waals surface area contributed by atoms with Crippen LogP contribution in [0.3, 0.4) is 0 Å². The number of hydrogen-bond donors (Lipinski definition) is 2.